The third-order valence-corrected chi connectivity index (χ3v) is 3.59. The highest BCUT2D eigenvalue weighted by Crippen LogP contribution is 2.29. The lowest BCUT2D eigenvalue weighted by molar-refractivity contribution is 0.426. The van der Waals surface area contributed by atoms with Crippen molar-refractivity contribution >= 4 is 11.0 Å². The first-order valence-corrected chi connectivity index (χ1v) is 7.22. The van der Waals surface area contributed by atoms with Crippen LogP contribution in [0.1, 0.15) is 18.2 Å². The summed E-state index contributed by atoms with van der Waals surface area (Å²) in [5, 5.41) is 10.1. The number of benzene rings is 2. The smallest absolute Gasteiger partial charge is 0.235 e. The number of ether oxygens (including phenoxy) is 1. The first-order chi connectivity index (χ1) is 11.0. The van der Waals surface area contributed by atoms with Crippen LogP contribution in [0, 0.1) is 12.7 Å². The van der Waals surface area contributed by atoms with Gasteiger partial charge in [0, 0.05) is 12.5 Å². The topological polar surface area (TPSA) is 59.7 Å². The quantitative estimate of drug-likeness (QED) is 0.783. The van der Waals surface area contributed by atoms with Gasteiger partial charge >= 0.3 is 0 Å². The fraction of sp³-hybridized carbons (Fsp3) is 0.167. The van der Waals surface area contributed by atoms with Gasteiger partial charge in [0.25, 0.3) is 0 Å². The van der Waals surface area contributed by atoms with Gasteiger partial charge in [-0.05, 0) is 42.8 Å². The Morgan fingerprint density at radius 1 is 1.22 bits per heavy atom. The van der Waals surface area contributed by atoms with E-state index in [1.165, 1.54) is 30.3 Å². The highest BCUT2D eigenvalue weighted by atomic mass is 19.1. The number of fused-ring (bicyclic) bond motifs is 1. The van der Waals surface area contributed by atoms with Crippen LogP contribution >= 0.6 is 0 Å². The molecule has 2 aromatic carbocycles. The summed E-state index contributed by atoms with van der Waals surface area (Å²) in [4.78, 5) is 12.7. The van der Waals surface area contributed by atoms with Crippen LogP contribution in [0.5, 0.6) is 17.2 Å². The molecule has 3 aromatic rings. The van der Waals surface area contributed by atoms with E-state index in [2.05, 4.69) is 0 Å². The van der Waals surface area contributed by atoms with Gasteiger partial charge in [-0.3, -0.25) is 4.79 Å². The van der Waals surface area contributed by atoms with Gasteiger partial charge < -0.3 is 14.3 Å². The summed E-state index contributed by atoms with van der Waals surface area (Å²) in [5.41, 5.74) is 0.554. The van der Waals surface area contributed by atoms with Gasteiger partial charge in [0.2, 0.25) is 11.2 Å². The minimum atomic E-state index is -0.385. The Kier molecular flexibility index (Phi) is 3.78. The molecule has 0 amide bonds. The van der Waals surface area contributed by atoms with Crippen molar-refractivity contribution < 1.29 is 18.7 Å². The van der Waals surface area contributed by atoms with Crippen molar-refractivity contribution in [1.82, 2.24) is 0 Å². The molecular formula is C18H15FO4. The van der Waals surface area contributed by atoms with E-state index >= 15 is 0 Å². The first-order valence-electron chi connectivity index (χ1n) is 7.22. The summed E-state index contributed by atoms with van der Waals surface area (Å²) in [6.07, 6.45) is 0.441. The Balaban J connectivity index is 2.18. The number of halogens is 1. The van der Waals surface area contributed by atoms with Crippen LogP contribution in [0.2, 0.25) is 0 Å². The Hall–Kier alpha value is -2.82. The van der Waals surface area contributed by atoms with Crippen molar-refractivity contribution in [3.63, 3.8) is 0 Å². The predicted octanol–water partition coefficient (Wildman–Crippen LogP) is 4.30. The van der Waals surface area contributed by atoms with E-state index < -0.39 is 0 Å². The van der Waals surface area contributed by atoms with Crippen LogP contribution in [0.4, 0.5) is 4.39 Å². The first kappa shape index (κ1) is 15.1. The number of aromatic hydroxyl groups is 1. The molecule has 1 aromatic heterocycles. The average molecular weight is 314 g/mol. The number of aryl methyl sites for hydroxylation is 2. The van der Waals surface area contributed by atoms with E-state index in [0.29, 0.717) is 34.5 Å². The molecule has 23 heavy (non-hydrogen) atoms. The molecule has 0 saturated carbocycles. The van der Waals surface area contributed by atoms with Crippen molar-refractivity contribution in [1.29, 1.82) is 0 Å². The molecule has 0 aliphatic heterocycles. The van der Waals surface area contributed by atoms with Crippen LogP contribution in [0.25, 0.3) is 11.0 Å². The molecule has 0 unspecified atom stereocenters. The number of rotatable bonds is 3. The maximum Gasteiger partial charge on any atom is 0.235 e. The summed E-state index contributed by atoms with van der Waals surface area (Å²) >= 11 is 0. The molecule has 118 valence electrons. The standard InChI is InChI=1S/C18H15FO4/c1-3-15-18(22-12-6-4-11(19)5-7-12)17(21)13-8-10(2)14(20)9-16(13)23-15/h4-9,20H,3H2,1-2H3. The lowest BCUT2D eigenvalue weighted by atomic mass is 10.1. The molecule has 4 nitrogen and oxygen atoms in total. The molecule has 0 radical (unpaired) electrons. The Labute approximate surface area is 131 Å². The third-order valence-electron chi connectivity index (χ3n) is 3.59. The zero-order valence-electron chi connectivity index (χ0n) is 12.7. The summed E-state index contributed by atoms with van der Waals surface area (Å²) < 4.78 is 24.3. The second kappa shape index (κ2) is 5.76. The fourth-order valence-electron chi connectivity index (χ4n) is 2.32. The van der Waals surface area contributed by atoms with Gasteiger partial charge in [0.15, 0.2) is 5.76 Å². The molecule has 0 atom stereocenters. The molecule has 0 bridgehead atoms. The lowest BCUT2D eigenvalue weighted by Gasteiger charge is -2.11. The monoisotopic (exact) mass is 314 g/mol. The van der Waals surface area contributed by atoms with E-state index in [0.717, 1.165) is 0 Å². The average Bonchev–Trinajstić information content (AvgIpc) is 2.54. The number of hydrogen-bond donors (Lipinski definition) is 1. The van der Waals surface area contributed by atoms with E-state index in [1.807, 2.05) is 6.92 Å². The van der Waals surface area contributed by atoms with Crippen molar-refractivity contribution in [3.8, 4) is 17.2 Å². The van der Waals surface area contributed by atoms with Crippen LogP contribution < -0.4 is 10.2 Å². The van der Waals surface area contributed by atoms with Crippen molar-refractivity contribution in [2.75, 3.05) is 0 Å². The Morgan fingerprint density at radius 2 is 1.91 bits per heavy atom. The summed E-state index contributed by atoms with van der Waals surface area (Å²) in [7, 11) is 0. The molecular weight excluding hydrogens is 299 g/mol. The second-order valence-electron chi connectivity index (χ2n) is 5.23. The predicted molar refractivity (Wildman–Crippen MR) is 84.7 cm³/mol. The largest absolute Gasteiger partial charge is 0.508 e. The third kappa shape index (κ3) is 2.77. The molecule has 0 spiro atoms. The number of phenols is 1. The zero-order valence-corrected chi connectivity index (χ0v) is 12.7. The minimum Gasteiger partial charge on any atom is -0.508 e. The van der Waals surface area contributed by atoms with Gasteiger partial charge in [-0.2, -0.15) is 0 Å². The van der Waals surface area contributed by atoms with Gasteiger partial charge in [0.05, 0.1) is 5.39 Å². The van der Waals surface area contributed by atoms with Gasteiger partial charge in [-0.1, -0.05) is 6.92 Å². The SMILES string of the molecule is CCc1oc2cc(O)c(C)cc2c(=O)c1Oc1ccc(F)cc1. The highest BCUT2D eigenvalue weighted by Gasteiger charge is 2.17. The molecule has 0 aliphatic rings. The highest BCUT2D eigenvalue weighted by molar-refractivity contribution is 5.81. The van der Waals surface area contributed by atoms with Crippen LogP contribution in [-0.2, 0) is 6.42 Å². The number of hydrogen-bond acceptors (Lipinski definition) is 4. The van der Waals surface area contributed by atoms with Gasteiger partial charge in [0.1, 0.15) is 22.9 Å². The van der Waals surface area contributed by atoms with E-state index in [4.69, 9.17) is 9.15 Å². The van der Waals surface area contributed by atoms with Crippen molar-refractivity contribution in [2.45, 2.75) is 20.3 Å². The van der Waals surface area contributed by atoms with Crippen LogP contribution in [0.3, 0.4) is 0 Å². The van der Waals surface area contributed by atoms with Crippen molar-refractivity contribution in [2.24, 2.45) is 0 Å². The molecule has 3 rings (SSSR count). The molecule has 0 fully saturated rings. The maximum atomic E-state index is 13.0. The normalized spacial score (nSPS) is 10.9. The van der Waals surface area contributed by atoms with Gasteiger partial charge in [-0.25, -0.2) is 4.39 Å². The molecule has 0 saturated heterocycles. The van der Waals surface area contributed by atoms with Gasteiger partial charge in [-0.15, -0.1) is 0 Å². The molecule has 0 aliphatic carbocycles. The van der Waals surface area contributed by atoms with E-state index in [9.17, 15) is 14.3 Å². The maximum absolute atomic E-state index is 13.0. The summed E-state index contributed by atoms with van der Waals surface area (Å²) in [6.45, 7) is 3.53. The fourth-order valence-corrected chi connectivity index (χ4v) is 2.32. The minimum absolute atomic E-state index is 0.0647. The van der Waals surface area contributed by atoms with Crippen LogP contribution in [0.15, 0.2) is 45.6 Å². The van der Waals surface area contributed by atoms with E-state index in [-0.39, 0.29) is 22.7 Å². The lowest BCUT2D eigenvalue weighted by Crippen LogP contribution is -2.09. The second-order valence-corrected chi connectivity index (χ2v) is 5.23. The zero-order chi connectivity index (χ0) is 16.6. The Bertz CT molecular complexity index is 926. The molecule has 1 heterocycles. The van der Waals surface area contributed by atoms with Crippen LogP contribution in [-0.4, -0.2) is 5.11 Å². The number of phenolic OH excluding ortho intramolecular Hbond substituents is 1. The van der Waals surface area contributed by atoms with Crippen molar-refractivity contribution in [3.05, 3.63) is 63.8 Å². The summed E-state index contributed by atoms with van der Waals surface area (Å²) in [6, 6.07) is 8.39. The van der Waals surface area contributed by atoms with E-state index in [1.54, 1.807) is 13.0 Å². The Morgan fingerprint density at radius 3 is 2.57 bits per heavy atom. The molecule has 5 heteroatoms. The summed E-state index contributed by atoms with van der Waals surface area (Å²) in [5.74, 6) is 0.481. The molecule has 1 N–H and O–H groups in total.